The zero-order chi connectivity index (χ0) is 21.5. The van der Waals surface area contributed by atoms with Gasteiger partial charge in [-0.25, -0.2) is 0 Å². The second-order valence-electron chi connectivity index (χ2n) is 7.53. The van der Waals surface area contributed by atoms with Gasteiger partial charge in [-0.05, 0) is 62.6 Å². The highest BCUT2D eigenvalue weighted by Crippen LogP contribution is 2.36. The second-order valence-corrected chi connectivity index (χ2v) is 7.53. The summed E-state index contributed by atoms with van der Waals surface area (Å²) < 4.78 is 38.8. The van der Waals surface area contributed by atoms with Crippen LogP contribution in [-0.2, 0) is 6.18 Å². The van der Waals surface area contributed by atoms with Crippen LogP contribution >= 0.6 is 0 Å². The molecule has 0 spiro atoms. The van der Waals surface area contributed by atoms with Crippen LogP contribution in [0, 0.1) is 0 Å². The van der Waals surface area contributed by atoms with Crippen LogP contribution in [0.2, 0.25) is 0 Å². The van der Waals surface area contributed by atoms with Crippen LogP contribution in [0.15, 0.2) is 42.5 Å². The van der Waals surface area contributed by atoms with E-state index < -0.39 is 17.6 Å². The molecule has 0 bridgehead atoms. The Morgan fingerprint density at radius 1 is 1.17 bits per heavy atom. The highest BCUT2D eigenvalue weighted by atomic mass is 19.4. The first kappa shape index (κ1) is 20.3. The van der Waals surface area contributed by atoms with Crippen molar-refractivity contribution in [3.05, 3.63) is 59.2 Å². The monoisotopic (exact) mass is 417 g/mol. The highest BCUT2D eigenvalue weighted by molar-refractivity contribution is 6.08. The maximum absolute atomic E-state index is 12.9. The van der Waals surface area contributed by atoms with Crippen LogP contribution in [0.1, 0.15) is 52.5 Å². The van der Waals surface area contributed by atoms with Crippen LogP contribution in [0.5, 0.6) is 0 Å². The predicted molar refractivity (Wildman–Crippen MR) is 108 cm³/mol. The Bertz CT molecular complexity index is 990. The molecule has 1 atom stereocenters. The van der Waals surface area contributed by atoms with Crippen LogP contribution in [0.3, 0.4) is 0 Å². The van der Waals surface area contributed by atoms with E-state index in [1.807, 2.05) is 11.8 Å². The van der Waals surface area contributed by atoms with Gasteiger partial charge in [0.2, 0.25) is 0 Å². The van der Waals surface area contributed by atoms with Gasteiger partial charge in [0.05, 0.1) is 16.8 Å². The number of nitrogens with one attached hydrogen (secondary N) is 1. The van der Waals surface area contributed by atoms with Crippen molar-refractivity contribution in [3.63, 3.8) is 0 Å². The number of rotatable bonds is 3. The number of hydrogen-bond donors (Lipinski definition) is 1. The minimum atomic E-state index is -4.49. The molecule has 0 unspecified atom stereocenters. The summed E-state index contributed by atoms with van der Waals surface area (Å²) in [6, 6.07) is 9.34. The summed E-state index contributed by atoms with van der Waals surface area (Å²) in [6.45, 7) is 3.40. The van der Waals surface area contributed by atoms with Gasteiger partial charge >= 0.3 is 6.18 Å². The average molecular weight is 417 g/mol. The fraction of sp³-hybridized carbons (Fsp3) is 0.364. The molecule has 8 heteroatoms. The quantitative estimate of drug-likeness (QED) is 0.784. The first-order chi connectivity index (χ1) is 14.3. The topological polar surface area (TPSA) is 52.7 Å². The van der Waals surface area contributed by atoms with E-state index in [9.17, 15) is 22.8 Å². The molecule has 2 aromatic rings. The van der Waals surface area contributed by atoms with Gasteiger partial charge < -0.3 is 15.1 Å². The minimum absolute atomic E-state index is 0.0227. The Morgan fingerprint density at radius 2 is 1.97 bits per heavy atom. The third-order valence-corrected chi connectivity index (χ3v) is 5.68. The Morgan fingerprint density at radius 3 is 2.70 bits per heavy atom. The lowest BCUT2D eigenvalue weighted by Gasteiger charge is -2.47. The second kappa shape index (κ2) is 7.66. The fourth-order valence-electron chi connectivity index (χ4n) is 4.24. The molecule has 158 valence electrons. The number of carbonyl (C=O) groups excluding carboxylic acids is 2. The van der Waals surface area contributed by atoms with Gasteiger partial charge in [-0.1, -0.05) is 6.07 Å². The molecule has 2 aliphatic rings. The first-order valence-electron chi connectivity index (χ1n) is 10.00. The van der Waals surface area contributed by atoms with E-state index in [2.05, 4.69) is 10.2 Å². The van der Waals surface area contributed by atoms with Crippen molar-refractivity contribution in [2.45, 2.75) is 38.5 Å². The van der Waals surface area contributed by atoms with Gasteiger partial charge in [-0.3, -0.25) is 9.59 Å². The summed E-state index contributed by atoms with van der Waals surface area (Å²) in [5, 5.41) is 2.53. The SMILES string of the molecule is CCN1c2cc(C(=O)Nc3cccc(C(F)(F)F)c3)ccc2C(=O)N2CCCC[C@H]21. The molecule has 0 aromatic heterocycles. The summed E-state index contributed by atoms with van der Waals surface area (Å²) in [5.74, 6) is -0.559. The highest BCUT2D eigenvalue weighted by Gasteiger charge is 2.38. The van der Waals surface area contributed by atoms with Gasteiger partial charge in [-0.2, -0.15) is 13.2 Å². The number of benzene rings is 2. The Kier molecular flexibility index (Phi) is 5.17. The largest absolute Gasteiger partial charge is 0.416 e. The summed E-state index contributed by atoms with van der Waals surface area (Å²) in [7, 11) is 0. The van der Waals surface area contributed by atoms with E-state index in [-0.39, 0.29) is 17.8 Å². The van der Waals surface area contributed by atoms with Gasteiger partial charge in [0.1, 0.15) is 6.17 Å². The van der Waals surface area contributed by atoms with Crippen molar-refractivity contribution < 1.29 is 22.8 Å². The number of alkyl halides is 3. The molecule has 2 aliphatic heterocycles. The van der Waals surface area contributed by atoms with E-state index in [0.717, 1.165) is 37.9 Å². The Hall–Kier alpha value is -3.03. The molecule has 4 rings (SSSR count). The van der Waals surface area contributed by atoms with Crippen LogP contribution in [-0.4, -0.2) is 36.0 Å². The zero-order valence-electron chi connectivity index (χ0n) is 16.5. The molecule has 1 saturated heterocycles. The zero-order valence-corrected chi connectivity index (χ0v) is 16.5. The summed E-state index contributed by atoms with van der Waals surface area (Å²) in [6.07, 6.45) is -1.62. The van der Waals surface area contributed by atoms with E-state index >= 15 is 0 Å². The molecule has 2 amide bonds. The van der Waals surface area contributed by atoms with Crippen LogP contribution in [0.25, 0.3) is 0 Å². The van der Waals surface area contributed by atoms with Crippen LogP contribution in [0.4, 0.5) is 24.5 Å². The molecule has 1 fully saturated rings. The fourth-order valence-corrected chi connectivity index (χ4v) is 4.24. The van der Waals surface area contributed by atoms with Gasteiger partial charge in [0, 0.05) is 24.3 Å². The molecule has 5 nitrogen and oxygen atoms in total. The molecular weight excluding hydrogens is 395 g/mol. The number of fused-ring (bicyclic) bond motifs is 2. The van der Waals surface area contributed by atoms with Crippen molar-refractivity contribution >= 4 is 23.2 Å². The number of nitrogens with zero attached hydrogens (tertiary/aromatic N) is 2. The number of piperidine rings is 1. The smallest absolute Gasteiger partial charge is 0.351 e. The first-order valence-corrected chi connectivity index (χ1v) is 10.00. The van der Waals surface area contributed by atoms with Gasteiger partial charge in [-0.15, -0.1) is 0 Å². The van der Waals surface area contributed by atoms with Crippen molar-refractivity contribution in [1.82, 2.24) is 4.90 Å². The minimum Gasteiger partial charge on any atom is -0.351 e. The maximum Gasteiger partial charge on any atom is 0.416 e. The lowest BCUT2D eigenvalue weighted by Crippen LogP contribution is -2.57. The molecule has 0 aliphatic carbocycles. The van der Waals surface area contributed by atoms with Crippen molar-refractivity contribution in [2.75, 3.05) is 23.3 Å². The third kappa shape index (κ3) is 3.62. The summed E-state index contributed by atoms with van der Waals surface area (Å²) >= 11 is 0. The van der Waals surface area contributed by atoms with E-state index in [0.29, 0.717) is 23.4 Å². The number of hydrogen-bond acceptors (Lipinski definition) is 3. The molecule has 2 heterocycles. The van der Waals surface area contributed by atoms with Crippen molar-refractivity contribution in [2.24, 2.45) is 0 Å². The number of halogens is 3. The number of carbonyl (C=O) groups is 2. The van der Waals surface area contributed by atoms with Crippen LogP contribution < -0.4 is 10.2 Å². The number of amides is 2. The van der Waals surface area contributed by atoms with Gasteiger partial charge in [0.15, 0.2) is 0 Å². The third-order valence-electron chi connectivity index (χ3n) is 5.68. The van der Waals surface area contributed by atoms with E-state index in [1.165, 1.54) is 18.2 Å². The Balaban J connectivity index is 1.63. The normalized spacial score (nSPS) is 18.7. The molecular formula is C22H22F3N3O2. The Labute approximate surface area is 172 Å². The molecule has 2 aromatic carbocycles. The number of anilines is 2. The lowest BCUT2D eigenvalue weighted by atomic mass is 9.97. The van der Waals surface area contributed by atoms with Gasteiger partial charge in [0.25, 0.3) is 11.8 Å². The molecule has 30 heavy (non-hydrogen) atoms. The summed E-state index contributed by atoms with van der Waals surface area (Å²) in [5.41, 5.74) is 0.773. The maximum atomic E-state index is 12.9. The summed E-state index contributed by atoms with van der Waals surface area (Å²) in [4.78, 5) is 29.6. The molecule has 1 N–H and O–H groups in total. The molecule has 0 radical (unpaired) electrons. The predicted octanol–water partition coefficient (Wildman–Crippen LogP) is 4.75. The van der Waals surface area contributed by atoms with E-state index in [1.54, 1.807) is 12.1 Å². The van der Waals surface area contributed by atoms with E-state index in [4.69, 9.17) is 0 Å². The van der Waals surface area contributed by atoms with Crippen molar-refractivity contribution in [3.8, 4) is 0 Å². The average Bonchev–Trinajstić information content (AvgIpc) is 2.73. The van der Waals surface area contributed by atoms with Crippen molar-refractivity contribution in [1.29, 1.82) is 0 Å². The molecule has 0 saturated carbocycles. The standard InChI is InChI=1S/C22H22F3N3O2/c1-2-27-18-12-14(9-10-17(18)21(30)28-11-4-3-8-19(27)28)20(29)26-16-7-5-6-15(13-16)22(23,24)25/h5-7,9-10,12-13,19H,2-4,8,11H2,1H3,(H,26,29)/t19-/m0/s1. The lowest BCUT2D eigenvalue weighted by molar-refractivity contribution is -0.137.